The van der Waals surface area contributed by atoms with Crippen LogP contribution in [0.25, 0.3) is 11.2 Å². The maximum Gasteiger partial charge on any atom is 0.183 e. The fourth-order valence-corrected chi connectivity index (χ4v) is 2.32. The monoisotopic (exact) mass is 277 g/mol. The lowest BCUT2D eigenvalue weighted by molar-refractivity contribution is 0.0378. The Kier molecular flexibility index (Phi) is 4.03. The average molecular weight is 277 g/mol. The first-order valence-electron chi connectivity index (χ1n) is 6.89. The molecular formula is C12H19N7O. The van der Waals surface area contributed by atoms with E-state index in [1.807, 2.05) is 7.05 Å². The number of hydrogen-bond donors (Lipinski definition) is 1. The lowest BCUT2D eigenvalue weighted by Crippen LogP contribution is -2.37. The van der Waals surface area contributed by atoms with Gasteiger partial charge in [-0.3, -0.25) is 4.90 Å². The summed E-state index contributed by atoms with van der Waals surface area (Å²) < 4.78 is 6.98. The largest absolute Gasteiger partial charge is 0.379 e. The average Bonchev–Trinajstić information content (AvgIpc) is 2.87. The molecule has 0 unspecified atom stereocenters. The van der Waals surface area contributed by atoms with Gasteiger partial charge in [0.05, 0.1) is 13.2 Å². The predicted octanol–water partition coefficient (Wildman–Crippen LogP) is -0.107. The van der Waals surface area contributed by atoms with E-state index in [9.17, 15) is 0 Å². The minimum absolute atomic E-state index is 0.723. The first-order valence-corrected chi connectivity index (χ1v) is 6.89. The Hall–Kier alpha value is -1.80. The fraction of sp³-hybridized carbons (Fsp3) is 0.667. The second-order valence-corrected chi connectivity index (χ2v) is 4.84. The lowest BCUT2D eigenvalue weighted by Gasteiger charge is -2.26. The summed E-state index contributed by atoms with van der Waals surface area (Å²) in [5.74, 6) is 0.755. The third-order valence-corrected chi connectivity index (χ3v) is 3.44. The molecule has 8 heteroatoms. The molecule has 0 aliphatic carbocycles. The summed E-state index contributed by atoms with van der Waals surface area (Å²) in [6.07, 6.45) is 2.60. The molecule has 3 heterocycles. The number of aryl methyl sites for hydroxylation is 1. The van der Waals surface area contributed by atoms with Gasteiger partial charge in [0.15, 0.2) is 17.0 Å². The zero-order chi connectivity index (χ0) is 13.8. The van der Waals surface area contributed by atoms with Crippen LogP contribution in [0.3, 0.4) is 0 Å². The van der Waals surface area contributed by atoms with Crippen LogP contribution in [0.1, 0.15) is 6.42 Å². The van der Waals surface area contributed by atoms with Crippen LogP contribution < -0.4 is 5.32 Å². The van der Waals surface area contributed by atoms with Crippen LogP contribution in [0.2, 0.25) is 0 Å². The number of ether oxygens (including phenoxy) is 1. The van der Waals surface area contributed by atoms with E-state index in [-0.39, 0.29) is 0 Å². The van der Waals surface area contributed by atoms with Gasteiger partial charge in [-0.25, -0.2) is 14.6 Å². The van der Waals surface area contributed by atoms with Crippen LogP contribution in [0, 0.1) is 0 Å². The van der Waals surface area contributed by atoms with Crippen molar-refractivity contribution in [3.05, 3.63) is 6.33 Å². The maximum absolute atomic E-state index is 5.33. The highest BCUT2D eigenvalue weighted by Crippen LogP contribution is 2.14. The zero-order valence-corrected chi connectivity index (χ0v) is 11.6. The number of nitrogens with zero attached hydrogens (tertiary/aromatic N) is 6. The van der Waals surface area contributed by atoms with Gasteiger partial charge in [-0.1, -0.05) is 5.21 Å². The Bertz CT molecular complexity index is 564. The lowest BCUT2D eigenvalue weighted by atomic mass is 10.3. The quantitative estimate of drug-likeness (QED) is 0.764. The van der Waals surface area contributed by atoms with Crippen LogP contribution in [0.5, 0.6) is 0 Å². The minimum Gasteiger partial charge on any atom is -0.379 e. The standard InChI is InChI=1S/C12H19N7O/c1-18-12-10(16-17-18)11(14-9-15-12)13-3-2-4-19-5-7-20-8-6-19/h9H,2-8H2,1H3,(H,13,14,15). The van der Waals surface area contributed by atoms with Crippen molar-refractivity contribution in [2.45, 2.75) is 6.42 Å². The van der Waals surface area contributed by atoms with Gasteiger partial charge in [-0.2, -0.15) is 0 Å². The minimum atomic E-state index is 0.723. The van der Waals surface area contributed by atoms with E-state index in [1.54, 1.807) is 4.68 Å². The molecule has 20 heavy (non-hydrogen) atoms. The predicted molar refractivity (Wildman–Crippen MR) is 74.5 cm³/mol. The molecule has 1 N–H and O–H groups in total. The molecule has 108 valence electrons. The van der Waals surface area contributed by atoms with E-state index in [1.165, 1.54) is 6.33 Å². The molecule has 3 rings (SSSR count). The van der Waals surface area contributed by atoms with Crippen molar-refractivity contribution in [3.63, 3.8) is 0 Å². The molecule has 0 atom stereocenters. The Morgan fingerprint density at radius 3 is 3.00 bits per heavy atom. The molecule has 8 nitrogen and oxygen atoms in total. The molecule has 2 aromatic rings. The fourth-order valence-electron chi connectivity index (χ4n) is 2.32. The first kappa shape index (κ1) is 13.2. The number of aromatic nitrogens is 5. The first-order chi connectivity index (χ1) is 9.84. The second kappa shape index (κ2) is 6.10. The third kappa shape index (κ3) is 2.86. The third-order valence-electron chi connectivity index (χ3n) is 3.44. The summed E-state index contributed by atoms with van der Waals surface area (Å²) in [6.45, 7) is 5.69. The number of morpholine rings is 1. The van der Waals surface area contributed by atoms with E-state index >= 15 is 0 Å². The SMILES string of the molecule is Cn1nnc2c(NCCCN3CCOCC3)ncnc21. The van der Waals surface area contributed by atoms with Crippen molar-refractivity contribution in [3.8, 4) is 0 Å². The molecular weight excluding hydrogens is 258 g/mol. The van der Waals surface area contributed by atoms with Crippen molar-refractivity contribution >= 4 is 17.0 Å². The van der Waals surface area contributed by atoms with Crippen LogP contribution >= 0.6 is 0 Å². The van der Waals surface area contributed by atoms with Crippen LogP contribution in [-0.4, -0.2) is 69.3 Å². The molecule has 1 saturated heterocycles. The normalized spacial score (nSPS) is 16.6. The number of hydrogen-bond acceptors (Lipinski definition) is 7. The van der Waals surface area contributed by atoms with Crippen LogP contribution in [0.4, 0.5) is 5.82 Å². The molecule has 0 spiro atoms. The van der Waals surface area contributed by atoms with Gasteiger partial charge in [-0.15, -0.1) is 5.10 Å². The Balaban J connectivity index is 1.52. The molecule has 1 aliphatic heterocycles. The summed E-state index contributed by atoms with van der Waals surface area (Å²) in [7, 11) is 1.82. The second-order valence-electron chi connectivity index (χ2n) is 4.84. The molecule has 2 aromatic heterocycles. The Morgan fingerprint density at radius 2 is 2.15 bits per heavy atom. The van der Waals surface area contributed by atoms with Gasteiger partial charge in [0.1, 0.15) is 6.33 Å². The van der Waals surface area contributed by atoms with E-state index < -0.39 is 0 Å². The topological polar surface area (TPSA) is 81.0 Å². The van der Waals surface area contributed by atoms with Gasteiger partial charge >= 0.3 is 0 Å². The number of nitrogens with one attached hydrogen (secondary N) is 1. The number of anilines is 1. The van der Waals surface area contributed by atoms with E-state index in [0.29, 0.717) is 0 Å². The van der Waals surface area contributed by atoms with Gasteiger partial charge < -0.3 is 10.1 Å². The van der Waals surface area contributed by atoms with Crippen molar-refractivity contribution in [1.29, 1.82) is 0 Å². The summed E-state index contributed by atoms with van der Waals surface area (Å²) in [5.41, 5.74) is 1.47. The van der Waals surface area contributed by atoms with Crippen molar-refractivity contribution < 1.29 is 4.74 Å². The molecule has 0 radical (unpaired) electrons. The van der Waals surface area contributed by atoms with Gasteiger partial charge in [-0.05, 0) is 13.0 Å². The maximum atomic E-state index is 5.33. The van der Waals surface area contributed by atoms with E-state index in [4.69, 9.17) is 4.74 Å². The smallest absolute Gasteiger partial charge is 0.183 e. The van der Waals surface area contributed by atoms with E-state index in [2.05, 4.69) is 30.5 Å². The summed E-state index contributed by atoms with van der Waals surface area (Å²) in [6, 6.07) is 0. The molecule has 0 saturated carbocycles. The summed E-state index contributed by atoms with van der Waals surface area (Å²) in [5, 5.41) is 11.4. The van der Waals surface area contributed by atoms with Gasteiger partial charge in [0.25, 0.3) is 0 Å². The summed E-state index contributed by atoms with van der Waals surface area (Å²) in [4.78, 5) is 10.8. The van der Waals surface area contributed by atoms with Gasteiger partial charge in [0.2, 0.25) is 0 Å². The molecule has 1 fully saturated rings. The summed E-state index contributed by atoms with van der Waals surface area (Å²) >= 11 is 0. The molecule has 0 bridgehead atoms. The Morgan fingerprint density at radius 1 is 1.30 bits per heavy atom. The molecule has 0 amide bonds. The van der Waals surface area contributed by atoms with Crippen LogP contribution in [-0.2, 0) is 11.8 Å². The van der Waals surface area contributed by atoms with Crippen molar-refractivity contribution in [2.24, 2.45) is 7.05 Å². The zero-order valence-electron chi connectivity index (χ0n) is 11.6. The van der Waals surface area contributed by atoms with Crippen molar-refractivity contribution in [2.75, 3.05) is 44.7 Å². The highest BCUT2D eigenvalue weighted by atomic mass is 16.5. The molecule has 0 aromatic carbocycles. The van der Waals surface area contributed by atoms with Crippen LogP contribution in [0.15, 0.2) is 6.33 Å². The Labute approximate surface area is 117 Å². The number of fused-ring (bicyclic) bond motifs is 1. The number of rotatable bonds is 5. The molecule has 1 aliphatic rings. The van der Waals surface area contributed by atoms with Gasteiger partial charge in [0, 0.05) is 26.7 Å². The van der Waals surface area contributed by atoms with E-state index in [0.717, 1.165) is 62.8 Å². The van der Waals surface area contributed by atoms with Crippen molar-refractivity contribution in [1.82, 2.24) is 29.9 Å². The highest BCUT2D eigenvalue weighted by molar-refractivity contribution is 5.81. The highest BCUT2D eigenvalue weighted by Gasteiger charge is 2.11.